The van der Waals surface area contributed by atoms with E-state index in [2.05, 4.69) is 6.92 Å². The summed E-state index contributed by atoms with van der Waals surface area (Å²) >= 11 is 0. The lowest BCUT2D eigenvalue weighted by molar-refractivity contribution is -0.113. The van der Waals surface area contributed by atoms with Crippen molar-refractivity contribution in [3.05, 3.63) is 35.5 Å². The van der Waals surface area contributed by atoms with Crippen LogP contribution in [0, 0.1) is 0 Å². The Morgan fingerprint density at radius 1 is 1.45 bits per heavy atom. The maximum Gasteiger partial charge on any atom is 0.159 e. The lowest BCUT2D eigenvalue weighted by Gasteiger charge is -1.89. The molecule has 11 heavy (non-hydrogen) atoms. The second-order valence-electron chi connectivity index (χ2n) is 2.80. The summed E-state index contributed by atoms with van der Waals surface area (Å²) in [6.07, 6.45) is 8.73. The third-order valence-electron chi connectivity index (χ3n) is 1.69. The molecule has 1 nitrogen and oxygen atoms in total. The quantitative estimate of drug-likeness (QED) is 0.558. The minimum Gasteiger partial charge on any atom is -0.295 e. The second kappa shape index (κ2) is 3.33. The Morgan fingerprint density at radius 3 is 2.82 bits per heavy atom. The van der Waals surface area contributed by atoms with Crippen LogP contribution in [-0.4, -0.2) is 5.78 Å². The average Bonchev–Trinajstić information content (AvgIpc) is 2.13. The molecule has 0 saturated heterocycles. The maximum absolute atomic E-state index is 10.9. The van der Waals surface area contributed by atoms with Crippen LogP contribution in [0.3, 0.4) is 0 Å². The molecule has 0 unspecified atom stereocenters. The molecule has 1 aliphatic carbocycles. The highest BCUT2D eigenvalue weighted by molar-refractivity contribution is 5.96. The molecule has 0 aliphatic heterocycles. The highest BCUT2D eigenvalue weighted by atomic mass is 16.1. The summed E-state index contributed by atoms with van der Waals surface area (Å²) in [5.41, 5.74) is 2.08. The van der Waals surface area contributed by atoms with Gasteiger partial charge in [-0.25, -0.2) is 0 Å². The number of rotatable bonds is 1. The van der Waals surface area contributed by atoms with Crippen molar-refractivity contribution in [3.63, 3.8) is 0 Å². The lowest BCUT2D eigenvalue weighted by Crippen LogP contribution is -1.91. The Morgan fingerprint density at radius 2 is 2.18 bits per heavy atom. The molecule has 58 valence electrons. The van der Waals surface area contributed by atoms with Gasteiger partial charge in [-0.3, -0.25) is 4.79 Å². The van der Waals surface area contributed by atoms with Gasteiger partial charge in [0.2, 0.25) is 0 Å². The zero-order valence-corrected chi connectivity index (χ0v) is 6.92. The second-order valence-corrected chi connectivity index (χ2v) is 2.80. The first kappa shape index (κ1) is 7.99. The molecular formula is C10H12O. The van der Waals surface area contributed by atoms with Gasteiger partial charge in [0.05, 0.1) is 0 Å². The van der Waals surface area contributed by atoms with E-state index in [1.165, 1.54) is 5.57 Å². The summed E-state index contributed by atoms with van der Waals surface area (Å²) in [5.74, 6) is 0.132. The molecule has 0 radical (unpaired) electrons. The van der Waals surface area contributed by atoms with Crippen LogP contribution in [0.25, 0.3) is 0 Å². The number of carbonyl (C=O) groups is 1. The Labute approximate surface area is 67.1 Å². The van der Waals surface area contributed by atoms with Crippen molar-refractivity contribution >= 4 is 5.78 Å². The Kier molecular flexibility index (Phi) is 2.42. The SMILES string of the molecule is CC(=O)C1=CC=C(C)CC=C1. The summed E-state index contributed by atoms with van der Waals surface area (Å²) in [5, 5.41) is 0. The molecular weight excluding hydrogens is 136 g/mol. The standard InChI is InChI=1S/C10H12O/c1-8-4-3-5-10(7-6-8)9(2)11/h3,5-7H,4H2,1-2H3. The predicted molar refractivity (Wildman–Crippen MR) is 46.3 cm³/mol. The number of allylic oxidation sites excluding steroid dienone is 6. The molecule has 0 aromatic heterocycles. The number of ketones is 1. The van der Waals surface area contributed by atoms with Crippen LogP contribution < -0.4 is 0 Å². The van der Waals surface area contributed by atoms with Crippen LogP contribution in [0.5, 0.6) is 0 Å². The van der Waals surface area contributed by atoms with Crippen molar-refractivity contribution in [3.8, 4) is 0 Å². The van der Waals surface area contributed by atoms with Gasteiger partial charge < -0.3 is 0 Å². The summed E-state index contributed by atoms with van der Waals surface area (Å²) in [7, 11) is 0. The van der Waals surface area contributed by atoms with Gasteiger partial charge in [-0.2, -0.15) is 0 Å². The minimum atomic E-state index is 0.132. The zero-order valence-electron chi connectivity index (χ0n) is 6.92. The van der Waals surface area contributed by atoms with Gasteiger partial charge in [0.25, 0.3) is 0 Å². The van der Waals surface area contributed by atoms with Crippen molar-refractivity contribution in [2.45, 2.75) is 20.3 Å². The van der Waals surface area contributed by atoms with Crippen LogP contribution in [0.2, 0.25) is 0 Å². The van der Waals surface area contributed by atoms with Gasteiger partial charge in [0.15, 0.2) is 5.78 Å². The average molecular weight is 148 g/mol. The number of Topliss-reactive ketones (excluding diaryl/α,β-unsaturated/α-hetero) is 1. The van der Waals surface area contributed by atoms with E-state index in [0.717, 1.165) is 12.0 Å². The van der Waals surface area contributed by atoms with Crippen molar-refractivity contribution in [2.24, 2.45) is 0 Å². The van der Waals surface area contributed by atoms with Crippen molar-refractivity contribution in [1.82, 2.24) is 0 Å². The summed E-state index contributed by atoms with van der Waals surface area (Å²) < 4.78 is 0. The highest BCUT2D eigenvalue weighted by Crippen LogP contribution is 2.10. The van der Waals surface area contributed by atoms with Crippen LogP contribution in [0.4, 0.5) is 0 Å². The lowest BCUT2D eigenvalue weighted by atomic mass is 10.2. The van der Waals surface area contributed by atoms with E-state index in [9.17, 15) is 4.79 Å². The van der Waals surface area contributed by atoms with Gasteiger partial charge in [-0.1, -0.05) is 29.9 Å². The van der Waals surface area contributed by atoms with Gasteiger partial charge >= 0.3 is 0 Å². The third-order valence-corrected chi connectivity index (χ3v) is 1.69. The van der Waals surface area contributed by atoms with Gasteiger partial charge in [0.1, 0.15) is 0 Å². The summed E-state index contributed by atoms with van der Waals surface area (Å²) in [6.45, 7) is 3.65. The number of hydrogen-bond acceptors (Lipinski definition) is 1. The van der Waals surface area contributed by atoms with Crippen LogP contribution in [-0.2, 0) is 4.79 Å². The van der Waals surface area contributed by atoms with Crippen LogP contribution in [0.1, 0.15) is 20.3 Å². The first-order valence-corrected chi connectivity index (χ1v) is 3.75. The van der Waals surface area contributed by atoms with Crippen LogP contribution >= 0.6 is 0 Å². The van der Waals surface area contributed by atoms with Gasteiger partial charge in [-0.15, -0.1) is 0 Å². The monoisotopic (exact) mass is 148 g/mol. The predicted octanol–water partition coefficient (Wildman–Crippen LogP) is 2.41. The molecule has 0 N–H and O–H groups in total. The summed E-state index contributed by atoms with van der Waals surface area (Å²) in [4.78, 5) is 10.9. The molecule has 1 heteroatoms. The fourth-order valence-corrected chi connectivity index (χ4v) is 0.962. The van der Waals surface area contributed by atoms with Crippen molar-refractivity contribution < 1.29 is 4.79 Å². The molecule has 0 heterocycles. The topological polar surface area (TPSA) is 17.1 Å². The first-order valence-electron chi connectivity index (χ1n) is 3.75. The van der Waals surface area contributed by atoms with Gasteiger partial charge in [-0.05, 0) is 20.3 Å². The van der Waals surface area contributed by atoms with E-state index in [4.69, 9.17) is 0 Å². The smallest absolute Gasteiger partial charge is 0.159 e. The van der Waals surface area contributed by atoms with E-state index in [1.807, 2.05) is 24.3 Å². The minimum absolute atomic E-state index is 0.132. The van der Waals surface area contributed by atoms with Crippen molar-refractivity contribution in [2.75, 3.05) is 0 Å². The van der Waals surface area contributed by atoms with E-state index in [0.29, 0.717) is 0 Å². The Balaban J connectivity index is 2.89. The van der Waals surface area contributed by atoms with Crippen LogP contribution in [0.15, 0.2) is 35.5 Å². The zero-order chi connectivity index (χ0) is 8.27. The fourth-order valence-electron chi connectivity index (χ4n) is 0.962. The highest BCUT2D eigenvalue weighted by Gasteiger charge is 1.99. The fraction of sp³-hybridized carbons (Fsp3) is 0.300. The number of hydrogen-bond donors (Lipinski definition) is 0. The molecule has 1 rings (SSSR count). The van der Waals surface area contributed by atoms with E-state index >= 15 is 0 Å². The molecule has 0 aromatic carbocycles. The summed E-state index contributed by atoms with van der Waals surface area (Å²) in [6, 6.07) is 0. The third kappa shape index (κ3) is 2.19. The van der Waals surface area contributed by atoms with E-state index in [-0.39, 0.29) is 5.78 Å². The number of carbonyl (C=O) groups excluding carboxylic acids is 1. The molecule has 0 spiro atoms. The molecule has 1 aliphatic rings. The molecule has 0 bridgehead atoms. The molecule has 0 aromatic rings. The molecule has 0 amide bonds. The van der Waals surface area contributed by atoms with E-state index < -0.39 is 0 Å². The van der Waals surface area contributed by atoms with E-state index in [1.54, 1.807) is 6.92 Å². The first-order chi connectivity index (χ1) is 5.20. The normalized spacial score (nSPS) is 16.9. The largest absolute Gasteiger partial charge is 0.295 e. The van der Waals surface area contributed by atoms with Gasteiger partial charge in [0, 0.05) is 5.57 Å². The maximum atomic E-state index is 10.9. The Bertz CT molecular complexity index is 254. The molecule has 0 saturated carbocycles. The molecule has 0 atom stereocenters. The van der Waals surface area contributed by atoms with Crippen molar-refractivity contribution in [1.29, 1.82) is 0 Å². The molecule has 0 fully saturated rings. The Hall–Kier alpha value is -1.11.